The first-order chi connectivity index (χ1) is 13.1. The molecule has 2 saturated heterocycles. The van der Waals surface area contributed by atoms with Crippen LogP contribution in [0.1, 0.15) is 31.2 Å². The van der Waals surface area contributed by atoms with Crippen LogP contribution in [0.3, 0.4) is 0 Å². The summed E-state index contributed by atoms with van der Waals surface area (Å²) in [5.74, 6) is -0.583. The normalized spacial score (nSPS) is 31.0. The van der Waals surface area contributed by atoms with Crippen molar-refractivity contribution in [1.29, 1.82) is 0 Å². The number of hydrogen-bond donors (Lipinski definition) is 1. The lowest BCUT2D eigenvalue weighted by atomic mass is 9.81. The van der Waals surface area contributed by atoms with E-state index in [1.165, 1.54) is 5.56 Å². The molecule has 0 spiro atoms. The molecule has 3 atom stereocenters. The van der Waals surface area contributed by atoms with Crippen LogP contribution in [0.4, 0.5) is 0 Å². The molecule has 146 valence electrons. The molecule has 3 fully saturated rings. The number of ether oxygens (including phenoxy) is 1. The summed E-state index contributed by atoms with van der Waals surface area (Å²) in [5.41, 5.74) is 0.558. The van der Waals surface area contributed by atoms with Crippen molar-refractivity contribution in [3.05, 3.63) is 35.9 Å². The van der Waals surface area contributed by atoms with E-state index in [4.69, 9.17) is 4.74 Å². The van der Waals surface area contributed by atoms with E-state index in [1.807, 2.05) is 18.2 Å². The maximum Gasteiger partial charge on any atom is 0.311 e. The van der Waals surface area contributed by atoms with Crippen molar-refractivity contribution >= 4 is 11.9 Å². The van der Waals surface area contributed by atoms with Crippen molar-refractivity contribution in [2.75, 3.05) is 32.8 Å². The van der Waals surface area contributed by atoms with Crippen molar-refractivity contribution in [2.24, 2.45) is 11.3 Å². The van der Waals surface area contributed by atoms with Crippen LogP contribution in [-0.4, -0.2) is 65.7 Å². The van der Waals surface area contributed by atoms with Gasteiger partial charge in [-0.25, -0.2) is 0 Å². The fraction of sp³-hybridized carbons (Fsp3) is 0.619. The first kappa shape index (κ1) is 18.4. The Labute approximate surface area is 160 Å². The topological polar surface area (TPSA) is 70.1 Å². The molecule has 1 N–H and O–H groups in total. The zero-order chi connectivity index (χ0) is 18.9. The van der Waals surface area contributed by atoms with Gasteiger partial charge in [-0.05, 0) is 24.3 Å². The molecule has 6 heteroatoms. The number of rotatable bonds is 5. The number of likely N-dealkylation sites (tertiary alicyclic amines) is 1. The third-order valence-corrected chi connectivity index (χ3v) is 6.52. The number of carboxylic acid groups (broad SMARTS) is 1. The van der Waals surface area contributed by atoms with E-state index in [0.717, 1.165) is 32.5 Å². The molecule has 1 saturated carbocycles. The Morgan fingerprint density at radius 2 is 2.04 bits per heavy atom. The summed E-state index contributed by atoms with van der Waals surface area (Å²) < 4.78 is 5.84. The number of hydrogen-bond acceptors (Lipinski definition) is 4. The average molecular weight is 372 g/mol. The van der Waals surface area contributed by atoms with Gasteiger partial charge in [-0.15, -0.1) is 0 Å². The Kier molecular flexibility index (Phi) is 5.19. The molecule has 3 aliphatic rings. The summed E-state index contributed by atoms with van der Waals surface area (Å²) >= 11 is 0. The largest absolute Gasteiger partial charge is 0.481 e. The molecule has 1 aromatic rings. The van der Waals surface area contributed by atoms with Gasteiger partial charge >= 0.3 is 5.97 Å². The Morgan fingerprint density at radius 3 is 2.78 bits per heavy atom. The minimum Gasteiger partial charge on any atom is -0.481 e. The standard InChI is InChI=1S/C21H28N2O4/c24-19(23-13-17-7-4-8-21(17,15-23)20(25)26)11-18-14-22(9-10-27-18)12-16-5-2-1-3-6-16/h1-3,5-6,17-18H,4,7-15H2,(H,25,26)/t17-,18?,21+/m0/s1. The summed E-state index contributed by atoms with van der Waals surface area (Å²) in [6, 6.07) is 10.3. The second kappa shape index (κ2) is 7.60. The van der Waals surface area contributed by atoms with E-state index in [-0.39, 0.29) is 17.9 Å². The molecule has 2 aliphatic heterocycles. The first-order valence-electron chi connectivity index (χ1n) is 9.96. The van der Waals surface area contributed by atoms with Crippen molar-refractivity contribution in [2.45, 2.75) is 38.3 Å². The fourth-order valence-electron chi connectivity index (χ4n) is 5.04. The van der Waals surface area contributed by atoms with Gasteiger partial charge in [0.25, 0.3) is 0 Å². The number of carboxylic acids is 1. The van der Waals surface area contributed by atoms with Crippen molar-refractivity contribution in [3.8, 4) is 0 Å². The Hall–Kier alpha value is -1.92. The highest BCUT2D eigenvalue weighted by Crippen LogP contribution is 2.49. The third kappa shape index (κ3) is 3.73. The molecule has 4 rings (SSSR count). The molecule has 1 amide bonds. The zero-order valence-corrected chi connectivity index (χ0v) is 15.7. The highest BCUT2D eigenvalue weighted by Gasteiger charge is 2.55. The van der Waals surface area contributed by atoms with Gasteiger partial charge in [0, 0.05) is 32.7 Å². The Balaban J connectivity index is 1.32. The number of carbonyl (C=O) groups excluding carboxylic acids is 1. The lowest BCUT2D eigenvalue weighted by molar-refractivity contribution is -0.149. The average Bonchev–Trinajstić information content (AvgIpc) is 3.21. The summed E-state index contributed by atoms with van der Waals surface area (Å²) in [6.07, 6.45) is 2.80. The number of morpholine rings is 1. The molecule has 2 heterocycles. The predicted molar refractivity (Wildman–Crippen MR) is 100 cm³/mol. The van der Waals surface area contributed by atoms with E-state index >= 15 is 0 Å². The third-order valence-electron chi connectivity index (χ3n) is 6.52. The van der Waals surface area contributed by atoms with Gasteiger partial charge < -0.3 is 14.7 Å². The van der Waals surface area contributed by atoms with Crippen molar-refractivity contribution < 1.29 is 19.4 Å². The van der Waals surface area contributed by atoms with Crippen LogP contribution in [0.2, 0.25) is 0 Å². The highest BCUT2D eigenvalue weighted by molar-refractivity contribution is 5.81. The van der Waals surface area contributed by atoms with Crippen molar-refractivity contribution in [3.63, 3.8) is 0 Å². The molecule has 0 radical (unpaired) electrons. The lowest BCUT2D eigenvalue weighted by Gasteiger charge is -2.33. The summed E-state index contributed by atoms with van der Waals surface area (Å²) in [5, 5.41) is 9.70. The SMILES string of the molecule is O=C(CC1CN(Cc2ccccc2)CCO1)N1C[C@@H]2CCC[C@@]2(C(=O)O)C1. The summed E-state index contributed by atoms with van der Waals surface area (Å²) in [4.78, 5) is 28.7. The Morgan fingerprint density at radius 1 is 1.22 bits per heavy atom. The predicted octanol–water partition coefficient (Wildman–Crippen LogP) is 1.99. The molecule has 27 heavy (non-hydrogen) atoms. The lowest BCUT2D eigenvalue weighted by Crippen LogP contribution is -2.45. The van der Waals surface area contributed by atoms with Gasteiger partial charge in [0.05, 0.1) is 24.5 Å². The Bertz CT molecular complexity index is 695. The molecular formula is C21H28N2O4. The second-order valence-electron chi connectivity index (χ2n) is 8.24. The first-order valence-corrected chi connectivity index (χ1v) is 9.96. The number of carbonyl (C=O) groups is 2. The smallest absolute Gasteiger partial charge is 0.311 e. The van der Waals surface area contributed by atoms with Crippen LogP contribution in [0.5, 0.6) is 0 Å². The van der Waals surface area contributed by atoms with Gasteiger partial charge in [-0.2, -0.15) is 0 Å². The maximum atomic E-state index is 12.8. The molecule has 1 aliphatic carbocycles. The van der Waals surface area contributed by atoms with E-state index in [9.17, 15) is 14.7 Å². The van der Waals surface area contributed by atoms with E-state index < -0.39 is 11.4 Å². The van der Waals surface area contributed by atoms with Gasteiger partial charge in [-0.3, -0.25) is 14.5 Å². The number of aliphatic carboxylic acids is 1. The number of amides is 1. The molecule has 1 aromatic carbocycles. The monoisotopic (exact) mass is 372 g/mol. The van der Waals surface area contributed by atoms with Gasteiger partial charge in [0.15, 0.2) is 0 Å². The highest BCUT2D eigenvalue weighted by atomic mass is 16.5. The maximum absolute atomic E-state index is 12.8. The fourth-order valence-corrected chi connectivity index (χ4v) is 5.04. The van der Waals surface area contributed by atoms with Crippen LogP contribution >= 0.6 is 0 Å². The van der Waals surface area contributed by atoms with Crippen LogP contribution in [0, 0.1) is 11.3 Å². The molecule has 6 nitrogen and oxygen atoms in total. The minimum absolute atomic E-state index is 0.0385. The number of nitrogens with zero attached hydrogens (tertiary/aromatic N) is 2. The summed E-state index contributed by atoms with van der Waals surface area (Å²) in [7, 11) is 0. The van der Waals surface area contributed by atoms with Crippen LogP contribution in [-0.2, 0) is 20.9 Å². The molecule has 0 bridgehead atoms. The van der Waals surface area contributed by atoms with Gasteiger partial charge in [-0.1, -0.05) is 36.8 Å². The number of benzene rings is 1. The summed E-state index contributed by atoms with van der Waals surface area (Å²) in [6.45, 7) is 4.06. The quantitative estimate of drug-likeness (QED) is 0.856. The minimum atomic E-state index is -0.733. The van der Waals surface area contributed by atoms with Gasteiger partial charge in [0.2, 0.25) is 5.91 Å². The van der Waals surface area contributed by atoms with Gasteiger partial charge in [0.1, 0.15) is 0 Å². The van der Waals surface area contributed by atoms with Crippen LogP contribution in [0.25, 0.3) is 0 Å². The van der Waals surface area contributed by atoms with E-state index in [1.54, 1.807) is 4.90 Å². The number of fused-ring (bicyclic) bond motifs is 1. The molecule has 0 aromatic heterocycles. The molecule has 1 unspecified atom stereocenters. The van der Waals surface area contributed by atoms with E-state index in [2.05, 4.69) is 17.0 Å². The van der Waals surface area contributed by atoms with E-state index in [0.29, 0.717) is 32.5 Å². The zero-order valence-electron chi connectivity index (χ0n) is 15.7. The van der Waals surface area contributed by atoms with Crippen molar-refractivity contribution in [1.82, 2.24) is 9.80 Å². The molecular weight excluding hydrogens is 344 g/mol. The second-order valence-corrected chi connectivity index (χ2v) is 8.24. The van der Waals surface area contributed by atoms with Crippen LogP contribution < -0.4 is 0 Å². The van der Waals surface area contributed by atoms with Crippen LogP contribution in [0.15, 0.2) is 30.3 Å².